The van der Waals surface area contributed by atoms with Crippen molar-refractivity contribution in [3.05, 3.63) is 51.7 Å². The van der Waals surface area contributed by atoms with E-state index >= 15 is 0 Å². The Morgan fingerprint density at radius 2 is 2.24 bits per heavy atom. The predicted octanol–water partition coefficient (Wildman–Crippen LogP) is 2.66. The van der Waals surface area contributed by atoms with E-state index in [1.54, 1.807) is 18.2 Å². The minimum Gasteiger partial charge on any atom is -0.465 e. The monoisotopic (exact) mass is 251 g/mol. The fourth-order valence-corrected chi connectivity index (χ4v) is 2.25. The molecule has 0 spiro atoms. The van der Waals surface area contributed by atoms with Crippen LogP contribution in [0, 0.1) is 5.82 Å². The average Bonchev–Trinajstić information content (AvgIpc) is 2.80. The van der Waals surface area contributed by atoms with Gasteiger partial charge in [-0.25, -0.2) is 14.2 Å². The molecule has 1 aromatic carbocycles. The van der Waals surface area contributed by atoms with Crippen LogP contribution in [0.4, 0.5) is 4.39 Å². The number of halogens is 1. The van der Waals surface area contributed by atoms with Gasteiger partial charge in [-0.15, -0.1) is 11.3 Å². The standard InChI is InChI=1S/C12H10FNO2S/c1-16-12(15)10-7-14-11(17-10)6-8-4-2-3-5-9(8)13/h2-5,7H,6H2,1H3. The Hall–Kier alpha value is -1.75. The highest BCUT2D eigenvalue weighted by Gasteiger charge is 2.11. The van der Waals surface area contributed by atoms with Gasteiger partial charge >= 0.3 is 5.97 Å². The average molecular weight is 251 g/mol. The molecule has 0 aliphatic carbocycles. The molecule has 2 aromatic rings. The number of hydrogen-bond donors (Lipinski definition) is 0. The first-order chi connectivity index (χ1) is 8.20. The van der Waals surface area contributed by atoms with Gasteiger partial charge in [-0.1, -0.05) is 18.2 Å². The first-order valence-corrected chi connectivity index (χ1v) is 5.79. The molecule has 0 bridgehead atoms. The van der Waals surface area contributed by atoms with Gasteiger partial charge in [0.1, 0.15) is 10.7 Å². The third-order valence-corrected chi connectivity index (χ3v) is 3.22. The van der Waals surface area contributed by atoms with Crippen molar-refractivity contribution >= 4 is 17.3 Å². The maximum atomic E-state index is 13.4. The summed E-state index contributed by atoms with van der Waals surface area (Å²) in [6, 6.07) is 6.52. The molecule has 0 unspecified atom stereocenters. The van der Waals surface area contributed by atoms with E-state index in [0.29, 0.717) is 21.9 Å². The lowest BCUT2D eigenvalue weighted by molar-refractivity contribution is 0.0606. The smallest absolute Gasteiger partial charge is 0.349 e. The highest BCUT2D eigenvalue weighted by molar-refractivity contribution is 7.13. The van der Waals surface area contributed by atoms with Crippen molar-refractivity contribution in [2.75, 3.05) is 7.11 Å². The molecule has 5 heteroatoms. The van der Waals surface area contributed by atoms with Gasteiger partial charge in [0.15, 0.2) is 0 Å². The van der Waals surface area contributed by atoms with Crippen LogP contribution >= 0.6 is 11.3 Å². The summed E-state index contributed by atoms with van der Waals surface area (Å²) in [6.07, 6.45) is 1.83. The Bertz CT molecular complexity index is 539. The van der Waals surface area contributed by atoms with Crippen molar-refractivity contribution in [2.24, 2.45) is 0 Å². The Morgan fingerprint density at radius 3 is 2.94 bits per heavy atom. The highest BCUT2D eigenvalue weighted by atomic mass is 32.1. The molecule has 0 fully saturated rings. The molecule has 2 rings (SSSR count). The number of carbonyl (C=O) groups is 1. The van der Waals surface area contributed by atoms with E-state index in [1.165, 1.54) is 30.7 Å². The van der Waals surface area contributed by atoms with E-state index < -0.39 is 5.97 Å². The fraction of sp³-hybridized carbons (Fsp3) is 0.167. The molecule has 0 saturated heterocycles. The molecule has 88 valence electrons. The van der Waals surface area contributed by atoms with Crippen LogP contribution in [0.1, 0.15) is 20.2 Å². The number of thiazole rings is 1. The summed E-state index contributed by atoms with van der Waals surface area (Å²) >= 11 is 1.22. The Morgan fingerprint density at radius 1 is 1.47 bits per heavy atom. The normalized spacial score (nSPS) is 10.2. The lowest BCUT2D eigenvalue weighted by Gasteiger charge is -1.98. The molecule has 0 aliphatic rings. The van der Waals surface area contributed by atoms with Gasteiger partial charge < -0.3 is 4.74 Å². The third kappa shape index (κ3) is 2.68. The van der Waals surface area contributed by atoms with Crippen LogP contribution in [0.25, 0.3) is 0 Å². The summed E-state index contributed by atoms with van der Waals surface area (Å²) in [6.45, 7) is 0. The molecule has 0 amide bonds. The first kappa shape index (κ1) is 11.7. The van der Waals surface area contributed by atoms with Crippen molar-refractivity contribution in [1.82, 2.24) is 4.98 Å². The second-order valence-electron chi connectivity index (χ2n) is 3.38. The number of carbonyl (C=O) groups excluding carboxylic acids is 1. The van der Waals surface area contributed by atoms with Crippen LogP contribution in [-0.4, -0.2) is 18.1 Å². The van der Waals surface area contributed by atoms with Gasteiger partial charge in [-0.3, -0.25) is 0 Å². The Kier molecular flexibility index (Phi) is 3.49. The minimum atomic E-state index is -0.415. The number of benzene rings is 1. The van der Waals surface area contributed by atoms with Gasteiger partial charge in [-0.2, -0.15) is 0 Å². The molecule has 3 nitrogen and oxygen atoms in total. The SMILES string of the molecule is COC(=O)c1cnc(Cc2ccccc2F)s1. The lowest BCUT2D eigenvalue weighted by atomic mass is 10.1. The summed E-state index contributed by atoms with van der Waals surface area (Å²) in [5, 5.41) is 0.690. The van der Waals surface area contributed by atoms with Crippen molar-refractivity contribution in [2.45, 2.75) is 6.42 Å². The zero-order valence-electron chi connectivity index (χ0n) is 9.14. The molecule has 17 heavy (non-hydrogen) atoms. The summed E-state index contributed by atoms with van der Waals surface area (Å²) in [4.78, 5) is 15.7. The third-order valence-electron chi connectivity index (χ3n) is 2.24. The lowest BCUT2D eigenvalue weighted by Crippen LogP contribution is -1.96. The van der Waals surface area contributed by atoms with E-state index in [-0.39, 0.29) is 5.82 Å². The number of hydrogen-bond acceptors (Lipinski definition) is 4. The fourth-order valence-electron chi connectivity index (χ4n) is 1.39. The first-order valence-electron chi connectivity index (χ1n) is 4.97. The van der Waals surface area contributed by atoms with E-state index in [1.807, 2.05) is 0 Å². The molecular weight excluding hydrogens is 241 g/mol. The molecule has 0 radical (unpaired) electrons. The molecule has 1 aromatic heterocycles. The number of aromatic nitrogens is 1. The van der Waals surface area contributed by atoms with Crippen LogP contribution in [0.15, 0.2) is 30.5 Å². The highest BCUT2D eigenvalue weighted by Crippen LogP contribution is 2.19. The molecule has 1 heterocycles. The van der Waals surface area contributed by atoms with Gasteiger partial charge in [0.2, 0.25) is 0 Å². The molecular formula is C12H10FNO2S. The zero-order valence-corrected chi connectivity index (χ0v) is 9.96. The summed E-state index contributed by atoms with van der Waals surface area (Å²) < 4.78 is 18.0. The van der Waals surface area contributed by atoms with Gasteiger partial charge in [0, 0.05) is 6.42 Å². The van der Waals surface area contributed by atoms with Crippen molar-refractivity contribution in [3.63, 3.8) is 0 Å². The van der Waals surface area contributed by atoms with Crippen molar-refractivity contribution in [1.29, 1.82) is 0 Å². The van der Waals surface area contributed by atoms with Crippen molar-refractivity contribution < 1.29 is 13.9 Å². The second kappa shape index (κ2) is 5.05. The van der Waals surface area contributed by atoms with Gasteiger partial charge in [-0.05, 0) is 11.6 Å². The van der Waals surface area contributed by atoms with Crippen LogP contribution in [0.3, 0.4) is 0 Å². The van der Waals surface area contributed by atoms with E-state index in [4.69, 9.17) is 0 Å². The summed E-state index contributed by atoms with van der Waals surface area (Å²) in [5.41, 5.74) is 0.568. The molecule has 0 atom stereocenters. The Labute approximate surface area is 102 Å². The predicted molar refractivity (Wildman–Crippen MR) is 62.7 cm³/mol. The molecule has 0 saturated carbocycles. The van der Waals surface area contributed by atoms with Crippen LogP contribution in [0.5, 0.6) is 0 Å². The second-order valence-corrected chi connectivity index (χ2v) is 4.49. The van der Waals surface area contributed by atoms with Crippen LogP contribution in [0.2, 0.25) is 0 Å². The quantitative estimate of drug-likeness (QED) is 0.787. The topological polar surface area (TPSA) is 39.2 Å². The zero-order chi connectivity index (χ0) is 12.3. The number of rotatable bonds is 3. The summed E-state index contributed by atoms with van der Waals surface area (Å²) in [7, 11) is 1.32. The number of methoxy groups -OCH3 is 1. The van der Waals surface area contributed by atoms with Crippen LogP contribution in [-0.2, 0) is 11.2 Å². The number of esters is 1. The van der Waals surface area contributed by atoms with Crippen molar-refractivity contribution in [3.8, 4) is 0 Å². The van der Waals surface area contributed by atoms with Gasteiger partial charge in [0.25, 0.3) is 0 Å². The van der Waals surface area contributed by atoms with Crippen LogP contribution < -0.4 is 0 Å². The van der Waals surface area contributed by atoms with E-state index in [0.717, 1.165) is 0 Å². The Balaban J connectivity index is 2.17. The molecule has 0 aliphatic heterocycles. The molecule has 0 N–H and O–H groups in total. The maximum absolute atomic E-state index is 13.4. The largest absolute Gasteiger partial charge is 0.465 e. The number of ether oxygens (including phenoxy) is 1. The minimum absolute atomic E-state index is 0.262. The summed E-state index contributed by atoms with van der Waals surface area (Å²) in [5.74, 6) is -0.676. The number of nitrogens with zero attached hydrogens (tertiary/aromatic N) is 1. The van der Waals surface area contributed by atoms with E-state index in [2.05, 4.69) is 9.72 Å². The maximum Gasteiger partial charge on any atom is 0.349 e. The van der Waals surface area contributed by atoms with E-state index in [9.17, 15) is 9.18 Å². The van der Waals surface area contributed by atoms with Gasteiger partial charge in [0.05, 0.1) is 18.3 Å².